The first-order valence-electron chi connectivity index (χ1n) is 6.21. The van der Waals surface area contributed by atoms with Gasteiger partial charge in [-0.15, -0.1) is 11.6 Å². The van der Waals surface area contributed by atoms with Crippen molar-refractivity contribution in [2.75, 3.05) is 18.0 Å². The SMILES string of the molecule is CC(C)C1CCN(c2ccc(CCl)cc2Br)C1. The molecule has 1 fully saturated rings. The highest BCUT2D eigenvalue weighted by Gasteiger charge is 2.25. The molecule has 1 unspecified atom stereocenters. The first kappa shape index (κ1) is 13.2. The molecule has 1 aromatic carbocycles. The van der Waals surface area contributed by atoms with E-state index in [-0.39, 0.29) is 0 Å². The summed E-state index contributed by atoms with van der Waals surface area (Å²) in [5, 5.41) is 0. The molecule has 1 saturated heterocycles. The molecule has 0 spiro atoms. The van der Waals surface area contributed by atoms with Gasteiger partial charge in [-0.1, -0.05) is 19.9 Å². The van der Waals surface area contributed by atoms with Gasteiger partial charge in [0, 0.05) is 23.4 Å². The fourth-order valence-corrected chi connectivity index (χ4v) is 3.28. The number of alkyl halides is 1. The van der Waals surface area contributed by atoms with E-state index in [2.05, 4.69) is 52.9 Å². The lowest BCUT2D eigenvalue weighted by Crippen LogP contribution is -2.21. The highest BCUT2D eigenvalue weighted by atomic mass is 79.9. The topological polar surface area (TPSA) is 3.24 Å². The predicted octanol–water partition coefficient (Wildman–Crippen LogP) is 4.67. The Balaban J connectivity index is 2.13. The van der Waals surface area contributed by atoms with Crippen LogP contribution >= 0.6 is 27.5 Å². The summed E-state index contributed by atoms with van der Waals surface area (Å²) in [6, 6.07) is 6.44. The van der Waals surface area contributed by atoms with E-state index in [1.54, 1.807) is 0 Å². The first-order valence-corrected chi connectivity index (χ1v) is 7.54. The quantitative estimate of drug-likeness (QED) is 0.732. The van der Waals surface area contributed by atoms with Gasteiger partial charge in [0.05, 0.1) is 5.69 Å². The molecule has 3 heteroatoms. The van der Waals surface area contributed by atoms with Crippen LogP contribution in [0.5, 0.6) is 0 Å². The van der Waals surface area contributed by atoms with Gasteiger partial charge in [0.1, 0.15) is 0 Å². The van der Waals surface area contributed by atoms with Crippen LogP contribution in [0.15, 0.2) is 22.7 Å². The smallest absolute Gasteiger partial charge is 0.0510 e. The standard InChI is InChI=1S/C14H19BrClN/c1-10(2)12-5-6-17(9-12)14-4-3-11(8-16)7-13(14)15/h3-4,7,10,12H,5-6,8-9H2,1-2H3. The summed E-state index contributed by atoms with van der Waals surface area (Å²) in [6.07, 6.45) is 1.31. The molecule has 0 aliphatic carbocycles. The maximum Gasteiger partial charge on any atom is 0.0510 e. The van der Waals surface area contributed by atoms with Crippen molar-refractivity contribution in [1.82, 2.24) is 0 Å². The third-order valence-corrected chi connectivity index (χ3v) is 4.62. The van der Waals surface area contributed by atoms with E-state index in [0.717, 1.165) is 11.8 Å². The van der Waals surface area contributed by atoms with Crippen LogP contribution < -0.4 is 4.90 Å². The lowest BCUT2D eigenvalue weighted by molar-refractivity contribution is 0.423. The van der Waals surface area contributed by atoms with Crippen molar-refractivity contribution >= 4 is 33.2 Å². The Hall–Kier alpha value is -0.210. The summed E-state index contributed by atoms with van der Waals surface area (Å²) in [5.41, 5.74) is 2.48. The van der Waals surface area contributed by atoms with Crippen LogP contribution in [0.3, 0.4) is 0 Å². The zero-order chi connectivity index (χ0) is 12.4. The first-order chi connectivity index (χ1) is 8.11. The molecule has 0 bridgehead atoms. The molecule has 1 nitrogen and oxygen atoms in total. The summed E-state index contributed by atoms with van der Waals surface area (Å²) >= 11 is 9.50. The summed E-state index contributed by atoms with van der Waals surface area (Å²) < 4.78 is 1.17. The Morgan fingerprint density at radius 2 is 2.24 bits per heavy atom. The molecule has 94 valence electrons. The fraction of sp³-hybridized carbons (Fsp3) is 0.571. The molecule has 0 N–H and O–H groups in total. The lowest BCUT2D eigenvalue weighted by Gasteiger charge is -2.21. The van der Waals surface area contributed by atoms with E-state index in [1.165, 1.54) is 35.2 Å². The van der Waals surface area contributed by atoms with E-state index < -0.39 is 0 Å². The predicted molar refractivity (Wildman–Crippen MR) is 78.9 cm³/mol. The average molecular weight is 317 g/mol. The van der Waals surface area contributed by atoms with Crippen molar-refractivity contribution in [3.8, 4) is 0 Å². The molecule has 0 amide bonds. The van der Waals surface area contributed by atoms with Gasteiger partial charge in [0.15, 0.2) is 0 Å². The third kappa shape index (κ3) is 2.97. The maximum atomic E-state index is 5.84. The normalized spacial score (nSPS) is 20.3. The zero-order valence-corrected chi connectivity index (χ0v) is 12.8. The molecule has 0 aromatic heterocycles. The molecule has 1 heterocycles. The van der Waals surface area contributed by atoms with Crippen molar-refractivity contribution in [1.29, 1.82) is 0 Å². The second-order valence-corrected chi connectivity index (χ2v) is 6.28. The zero-order valence-electron chi connectivity index (χ0n) is 10.4. The minimum absolute atomic E-state index is 0.577. The third-order valence-electron chi connectivity index (χ3n) is 3.67. The number of benzene rings is 1. The molecule has 1 aromatic rings. The van der Waals surface area contributed by atoms with Gasteiger partial charge in [0.2, 0.25) is 0 Å². The van der Waals surface area contributed by atoms with Crippen LogP contribution in [-0.2, 0) is 5.88 Å². The largest absolute Gasteiger partial charge is 0.370 e. The van der Waals surface area contributed by atoms with E-state index in [9.17, 15) is 0 Å². The number of anilines is 1. The Morgan fingerprint density at radius 1 is 1.47 bits per heavy atom. The van der Waals surface area contributed by atoms with Crippen molar-refractivity contribution in [2.45, 2.75) is 26.1 Å². The minimum Gasteiger partial charge on any atom is -0.370 e. The van der Waals surface area contributed by atoms with Crippen molar-refractivity contribution in [3.05, 3.63) is 28.2 Å². The highest BCUT2D eigenvalue weighted by molar-refractivity contribution is 9.10. The fourth-order valence-electron chi connectivity index (χ4n) is 2.44. The van der Waals surface area contributed by atoms with E-state index in [4.69, 9.17) is 11.6 Å². The molecule has 0 saturated carbocycles. The van der Waals surface area contributed by atoms with Crippen molar-refractivity contribution < 1.29 is 0 Å². The van der Waals surface area contributed by atoms with Crippen molar-refractivity contribution in [3.63, 3.8) is 0 Å². The van der Waals surface area contributed by atoms with E-state index in [1.807, 2.05) is 0 Å². The molecule has 1 aliphatic heterocycles. The van der Waals surface area contributed by atoms with Gasteiger partial charge >= 0.3 is 0 Å². The maximum absolute atomic E-state index is 5.84. The Bertz CT molecular complexity index is 392. The second kappa shape index (κ2) is 5.62. The molecule has 2 rings (SSSR count). The number of rotatable bonds is 3. The molecular formula is C14H19BrClN. The van der Waals surface area contributed by atoms with Crippen LogP contribution in [0.1, 0.15) is 25.8 Å². The Kier molecular flexibility index (Phi) is 4.37. The van der Waals surface area contributed by atoms with Gasteiger partial charge in [-0.25, -0.2) is 0 Å². The molecular weight excluding hydrogens is 298 g/mol. The van der Waals surface area contributed by atoms with E-state index in [0.29, 0.717) is 5.88 Å². The number of halogens is 2. The van der Waals surface area contributed by atoms with Gasteiger partial charge < -0.3 is 4.90 Å². The van der Waals surface area contributed by atoms with Crippen LogP contribution in [0, 0.1) is 11.8 Å². The monoisotopic (exact) mass is 315 g/mol. The Morgan fingerprint density at radius 3 is 2.76 bits per heavy atom. The Labute approximate surface area is 117 Å². The van der Waals surface area contributed by atoms with E-state index >= 15 is 0 Å². The molecule has 0 radical (unpaired) electrons. The minimum atomic E-state index is 0.577. The highest BCUT2D eigenvalue weighted by Crippen LogP contribution is 2.33. The van der Waals surface area contributed by atoms with Crippen LogP contribution in [0.25, 0.3) is 0 Å². The van der Waals surface area contributed by atoms with Crippen LogP contribution in [0.2, 0.25) is 0 Å². The second-order valence-electron chi connectivity index (χ2n) is 5.16. The van der Waals surface area contributed by atoms with Gasteiger partial charge in [0.25, 0.3) is 0 Å². The number of hydrogen-bond acceptors (Lipinski definition) is 1. The van der Waals surface area contributed by atoms with Gasteiger partial charge in [-0.05, 0) is 51.9 Å². The summed E-state index contributed by atoms with van der Waals surface area (Å²) in [6.45, 7) is 6.98. The van der Waals surface area contributed by atoms with Crippen LogP contribution in [0.4, 0.5) is 5.69 Å². The summed E-state index contributed by atoms with van der Waals surface area (Å²) in [5.74, 6) is 2.18. The number of hydrogen-bond donors (Lipinski definition) is 0. The van der Waals surface area contributed by atoms with Crippen molar-refractivity contribution in [2.24, 2.45) is 11.8 Å². The molecule has 1 aliphatic rings. The lowest BCUT2D eigenvalue weighted by atomic mass is 9.95. The molecule has 1 atom stereocenters. The van der Waals surface area contributed by atoms with Gasteiger partial charge in [-0.3, -0.25) is 0 Å². The van der Waals surface area contributed by atoms with Gasteiger partial charge in [-0.2, -0.15) is 0 Å². The summed E-state index contributed by atoms with van der Waals surface area (Å²) in [4.78, 5) is 2.48. The average Bonchev–Trinajstić information content (AvgIpc) is 2.78. The van der Waals surface area contributed by atoms with Crippen LogP contribution in [-0.4, -0.2) is 13.1 Å². The summed E-state index contributed by atoms with van der Waals surface area (Å²) in [7, 11) is 0. The number of nitrogens with zero attached hydrogens (tertiary/aromatic N) is 1. The molecule has 17 heavy (non-hydrogen) atoms.